The van der Waals surface area contributed by atoms with Gasteiger partial charge in [0.25, 0.3) is 0 Å². The van der Waals surface area contributed by atoms with Crippen molar-refractivity contribution in [1.29, 1.82) is 0 Å². The Morgan fingerprint density at radius 3 is 1.86 bits per heavy atom. The highest BCUT2D eigenvalue weighted by atomic mass is 14.9. The lowest BCUT2D eigenvalue weighted by Crippen LogP contribution is -2.38. The van der Waals surface area contributed by atoms with Crippen LogP contribution in [0, 0.1) is 18.8 Å². The van der Waals surface area contributed by atoms with E-state index in [0.29, 0.717) is 17.8 Å². The molecule has 0 spiro atoms. The zero-order valence-electron chi connectivity index (χ0n) is 16.6. The summed E-state index contributed by atoms with van der Waals surface area (Å²) in [6.45, 7) is 24.7. The standard InChI is InChI=1S/C18H30N2.C2H6/c1-10(2)16-19-12(5)14-15(20-16)18(9,11(3)4)13(6)17(14,7)8;1-2/h10-11,13H,1-9H3;1-2H3. The zero-order valence-corrected chi connectivity index (χ0v) is 16.6. The van der Waals surface area contributed by atoms with E-state index in [9.17, 15) is 0 Å². The predicted molar refractivity (Wildman–Crippen MR) is 96.6 cm³/mol. The maximum absolute atomic E-state index is 5.02. The summed E-state index contributed by atoms with van der Waals surface area (Å²) in [4.78, 5) is 9.81. The first kappa shape index (κ1) is 19.1. The van der Waals surface area contributed by atoms with E-state index < -0.39 is 0 Å². The fraction of sp³-hybridized carbons (Fsp3) is 0.800. The summed E-state index contributed by atoms with van der Waals surface area (Å²) >= 11 is 0. The van der Waals surface area contributed by atoms with Gasteiger partial charge in [0.05, 0.1) is 5.69 Å². The average Bonchev–Trinajstić information content (AvgIpc) is 2.60. The van der Waals surface area contributed by atoms with Crippen molar-refractivity contribution < 1.29 is 0 Å². The van der Waals surface area contributed by atoms with E-state index in [1.54, 1.807) is 0 Å². The summed E-state index contributed by atoms with van der Waals surface area (Å²) in [6.07, 6.45) is 0. The molecule has 0 fully saturated rings. The molecule has 0 radical (unpaired) electrons. The number of hydrogen-bond acceptors (Lipinski definition) is 2. The molecule has 2 unspecified atom stereocenters. The Balaban J connectivity index is 0.00000116. The third-order valence-corrected chi connectivity index (χ3v) is 5.96. The van der Waals surface area contributed by atoms with Crippen LogP contribution in [0.5, 0.6) is 0 Å². The normalized spacial score (nSPS) is 26.0. The van der Waals surface area contributed by atoms with Crippen LogP contribution in [0.2, 0.25) is 0 Å². The Morgan fingerprint density at radius 1 is 0.955 bits per heavy atom. The second kappa shape index (κ2) is 6.29. The molecule has 0 aromatic carbocycles. The van der Waals surface area contributed by atoms with Gasteiger partial charge in [-0.05, 0) is 24.2 Å². The Labute approximate surface area is 138 Å². The van der Waals surface area contributed by atoms with Gasteiger partial charge in [0.2, 0.25) is 0 Å². The topological polar surface area (TPSA) is 25.8 Å². The van der Waals surface area contributed by atoms with Crippen molar-refractivity contribution in [3.63, 3.8) is 0 Å². The first-order valence-electron chi connectivity index (χ1n) is 8.94. The van der Waals surface area contributed by atoms with Gasteiger partial charge in [-0.1, -0.05) is 69.2 Å². The molecular formula is C20H36N2. The van der Waals surface area contributed by atoms with Crippen molar-refractivity contribution in [1.82, 2.24) is 9.97 Å². The van der Waals surface area contributed by atoms with Crippen molar-refractivity contribution in [2.45, 2.75) is 92.9 Å². The van der Waals surface area contributed by atoms with E-state index in [0.717, 1.165) is 5.82 Å². The molecule has 0 saturated heterocycles. The van der Waals surface area contributed by atoms with Gasteiger partial charge in [-0.25, -0.2) is 9.97 Å². The van der Waals surface area contributed by atoms with Gasteiger partial charge in [-0.3, -0.25) is 0 Å². The van der Waals surface area contributed by atoms with Crippen LogP contribution in [-0.2, 0) is 10.8 Å². The molecule has 1 heterocycles. The fourth-order valence-corrected chi connectivity index (χ4v) is 3.96. The molecule has 1 aromatic rings. The largest absolute Gasteiger partial charge is 0.238 e. The van der Waals surface area contributed by atoms with Crippen LogP contribution in [0.4, 0.5) is 0 Å². The van der Waals surface area contributed by atoms with Gasteiger partial charge in [-0.15, -0.1) is 0 Å². The van der Waals surface area contributed by atoms with Crippen molar-refractivity contribution in [2.75, 3.05) is 0 Å². The Bertz CT molecular complexity index is 529. The molecule has 2 nitrogen and oxygen atoms in total. The van der Waals surface area contributed by atoms with Crippen LogP contribution in [0.3, 0.4) is 0 Å². The lowest BCUT2D eigenvalue weighted by Gasteiger charge is -2.38. The Morgan fingerprint density at radius 2 is 1.45 bits per heavy atom. The number of aryl methyl sites for hydroxylation is 1. The van der Waals surface area contributed by atoms with Gasteiger partial charge in [0.15, 0.2) is 0 Å². The highest BCUT2D eigenvalue weighted by Crippen LogP contribution is 2.56. The fourth-order valence-electron chi connectivity index (χ4n) is 3.96. The molecule has 1 aliphatic carbocycles. The molecule has 0 bridgehead atoms. The maximum Gasteiger partial charge on any atom is 0.131 e. The Hall–Kier alpha value is -0.920. The summed E-state index contributed by atoms with van der Waals surface area (Å²) in [5.74, 6) is 2.53. The van der Waals surface area contributed by atoms with Gasteiger partial charge in [0, 0.05) is 22.6 Å². The minimum absolute atomic E-state index is 0.135. The van der Waals surface area contributed by atoms with Gasteiger partial charge < -0.3 is 0 Å². The first-order valence-corrected chi connectivity index (χ1v) is 8.94. The highest BCUT2D eigenvalue weighted by molar-refractivity contribution is 5.45. The third-order valence-electron chi connectivity index (χ3n) is 5.96. The summed E-state index contributed by atoms with van der Waals surface area (Å²) < 4.78 is 0. The smallest absolute Gasteiger partial charge is 0.131 e. The van der Waals surface area contributed by atoms with E-state index in [2.05, 4.69) is 62.3 Å². The lowest BCUT2D eigenvalue weighted by molar-refractivity contribution is 0.185. The number of nitrogens with zero attached hydrogens (tertiary/aromatic N) is 2. The van der Waals surface area contributed by atoms with Gasteiger partial charge >= 0.3 is 0 Å². The molecule has 1 aliphatic rings. The molecule has 1 aromatic heterocycles. The summed E-state index contributed by atoms with van der Waals surface area (Å²) in [5.41, 5.74) is 4.16. The van der Waals surface area contributed by atoms with Crippen molar-refractivity contribution >= 4 is 0 Å². The van der Waals surface area contributed by atoms with E-state index in [1.165, 1.54) is 17.0 Å². The van der Waals surface area contributed by atoms with Crippen LogP contribution in [0.25, 0.3) is 0 Å². The monoisotopic (exact) mass is 304 g/mol. The molecule has 2 heteroatoms. The van der Waals surface area contributed by atoms with Crippen LogP contribution in [-0.4, -0.2) is 9.97 Å². The van der Waals surface area contributed by atoms with Crippen LogP contribution < -0.4 is 0 Å². The molecule has 2 rings (SSSR count). The molecule has 0 N–H and O–H groups in total. The van der Waals surface area contributed by atoms with Gasteiger partial charge in [0.1, 0.15) is 5.82 Å². The molecule has 0 amide bonds. The highest BCUT2D eigenvalue weighted by Gasteiger charge is 2.54. The van der Waals surface area contributed by atoms with E-state index in [4.69, 9.17) is 9.97 Å². The lowest BCUT2D eigenvalue weighted by atomic mass is 9.65. The van der Waals surface area contributed by atoms with E-state index in [-0.39, 0.29) is 10.8 Å². The Kier molecular flexibility index (Phi) is 5.47. The second-order valence-electron chi connectivity index (χ2n) is 7.93. The SMILES string of the molecule is CC.Cc1nc(C(C)C)nc2c1C(C)(C)C(C)C2(C)C(C)C. The zero-order chi connectivity index (χ0) is 17.5. The summed E-state index contributed by atoms with van der Waals surface area (Å²) in [6, 6.07) is 0. The second-order valence-corrected chi connectivity index (χ2v) is 7.93. The number of rotatable bonds is 2. The van der Waals surface area contributed by atoms with Crippen LogP contribution in [0.15, 0.2) is 0 Å². The third kappa shape index (κ3) is 2.59. The van der Waals surface area contributed by atoms with E-state index >= 15 is 0 Å². The van der Waals surface area contributed by atoms with Crippen molar-refractivity contribution in [3.8, 4) is 0 Å². The minimum Gasteiger partial charge on any atom is -0.238 e. The van der Waals surface area contributed by atoms with Crippen molar-refractivity contribution in [2.24, 2.45) is 11.8 Å². The number of fused-ring (bicyclic) bond motifs is 1. The molecule has 0 aliphatic heterocycles. The predicted octanol–water partition coefficient (Wildman–Crippen LogP) is 5.78. The van der Waals surface area contributed by atoms with E-state index in [1.807, 2.05) is 13.8 Å². The average molecular weight is 305 g/mol. The van der Waals surface area contributed by atoms with Gasteiger partial charge in [-0.2, -0.15) is 0 Å². The first-order chi connectivity index (χ1) is 10.0. The summed E-state index contributed by atoms with van der Waals surface area (Å²) in [5, 5.41) is 0. The quantitative estimate of drug-likeness (QED) is 0.692. The van der Waals surface area contributed by atoms with Crippen LogP contribution >= 0.6 is 0 Å². The number of aromatic nitrogens is 2. The molecule has 0 saturated carbocycles. The molecule has 22 heavy (non-hydrogen) atoms. The molecule has 126 valence electrons. The summed E-state index contributed by atoms with van der Waals surface area (Å²) in [7, 11) is 0. The number of hydrogen-bond donors (Lipinski definition) is 0. The molecular weight excluding hydrogens is 268 g/mol. The maximum atomic E-state index is 5.02. The van der Waals surface area contributed by atoms with Crippen molar-refractivity contribution in [3.05, 3.63) is 22.8 Å². The molecule has 2 atom stereocenters. The van der Waals surface area contributed by atoms with Crippen LogP contribution in [0.1, 0.15) is 97.9 Å². The minimum atomic E-state index is 0.135.